The number of benzene rings is 2. The van der Waals surface area contributed by atoms with Crippen molar-refractivity contribution in [3.8, 4) is 11.5 Å². The zero-order valence-electron chi connectivity index (χ0n) is 19.2. The predicted octanol–water partition coefficient (Wildman–Crippen LogP) is 3.89. The van der Waals surface area contributed by atoms with Crippen LogP contribution in [0.15, 0.2) is 42.1 Å². The lowest BCUT2D eigenvalue weighted by Gasteiger charge is -2.22. The van der Waals surface area contributed by atoms with Crippen molar-refractivity contribution in [2.75, 3.05) is 64.0 Å². The molecule has 0 aromatic heterocycles. The van der Waals surface area contributed by atoms with E-state index in [0.29, 0.717) is 23.5 Å². The van der Waals surface area contributed by atoms with Gasteiger partial charge in [-0.1, -0.05) is 6.92 Å². The maximum Gasteiger partial charge on any atom is 0.258 e. The second-order valence-electron chi connectivity index (χ2n) is 7.81. The molecule has 0 aliphatic carbocycles. The number of hydrogen-bond donors (Lipinski definition) is 2. The van der Waals surface area contributed by atoms with Gasteiger partial charge < -0.3 is 29.9 Å². The van der Waals surface area contributed by atoms with Gasteiger partial charge in [0.2, 0.25) is 0 Å². The molecule has 1 aliphatic heterocycles. The highest BCUT2D eigenvalue weighted by Gasteiger charge is 2.29. The maximum atomic E-state index is 12.8. The Morgan fingerprint density at radius 2 is 1.65 bits per heavy atom. The molecule has 0 saturated heterocycles. The molecule has 31 heavy (non-hydrogen) atoms. The Bertz CT molecular complexity index is 968. The molecule has 1 heterocycles. The van der Waals surface area contributed by atoms with Crippen LogP contribution in [0.5, 0.6) is 11.5 Å². The van der Waals surface area contributed by atoms with E-state index in [1.54, 1.807) is 20.3 Å². The van der Waals surface area contributed by atoms with E-state index in [4.69, 9.17) is 9.47 Å². The van der Waals surface area contributed by atoms with Crippen LogP contribution in [0.1, 0.15) is 18.9 Å². The van der Waals surface area contributed by atoms with E-state index in [1.807, 2.05) is 25.1 Å². The third kappa shape index (κ3) is 4.94. The first-order valence-electron chi connectivity index (χ1n) is 10.4. The second kappa shape index (κ2) is 9.75. The fourth-order valence-corrected chi connectivity index (χ4v) is 3.58. The van der Waals surface area contributed by atoms with E-state index in [-0.39, 0.29) is 5.91 Å². The highest BCUT2D eigenvalue weighted by molar-refractivity contribution is 6.32. The van der Waals surface area contributed by atoms with Gasteiger partial charge in [0.05, 0.1) is 25.5 Å². The van der Waals surface area contributed by atoms with Gasteiger partial charge in [-0.25, -0.2) is 0 Å². The van der Waals surface area contributed by atoms with Crippen LogP contribution in [-0.2, 0) is 4.79 Å². The van der Waals surface area contributed by atoms with E-state index in [9.17, 15) is 4.79 Å². The van der Waals surface area contributed by atoms with Gasteiger partial charge in [0.25, 0.3) is 5.91 Å². The summed E-state index contributed by atoms with van der Waals surface area (Å²) in [6.07, 6.45) is 0.682. The molecule has 1 amide bonds. The Hall–Kier alpha value is -3.19. The molecule has 2 aromatic rings. The SMILES string of the molecule is CCC(Nc1ccc(N(C)CCN(C)C)cc1)=C1C(=O)Nc2cc(OC)c(OC)cc21. The summed E-state index contributed by atoms with van der Waals surface area (Å²) in [6, 6.07) is 11.9. The number of methoxy groups -OCH3 is 2. The number of carbonyl (C=O) groups is 1. The first-order chi connectivity index (χ1) is 14.9. The van der Waals surface area contributed by atoms with Crippen LogP contribution in [0.3, 0.4) is 0 Å². The zero-order valence-corrected chi connectivity index (χ0v) is 19.2. The zero-order chi connectivity index (χ0) is 22.5. The van der Waals surface area contributed by atoms with Crippen LogP contribution < -0.4 is 25.0 Å². The highest BCUT2D eigenvalue weighted by atomic mass is 16.5. The minimum Gasteiger partial charge on any atom is -0.493 e. The smallest absolute Gasteiger partial charge is 0.258 e. The van der Waals surface area contributed by atoms with E-state index in [2.05, 4.69) is 53.7 Å². The summed E-state index contributed by atoms with van der Waals surface area (Å²) in [4.78, 5) is 17.2. The summed E-state index contributed by atoms with van der Waals surface area (Å²) < 4.78 is 10.8. The fourth-order valence-electron chi connectivity index (χ4n) is 3.58. The van der Waals surface area contributed by atoms with E-state index >= 15 is 0 Å². The van der Waals surface area contributed by atoms with Crippen LogP contribution in [0, 0.1) is 0 Å². The van der Waals surface area contributed by atoms with Gasteiger partial charge in [-0.3, -0.25) is 4.79 Å². The summed E-state index contributed by atoms with van der Waals surface area (Å²) in [5.74, 6) is 1.05. The average Bonchev–Trinajstić information content (AvgIpc) is 3.09. The number of fused-ring (bicyclic) bond motifs is 1. The second-order valence-corrected chi connectivity index (χ2v) is 7.81. The number of anilines is 3. The third-order valence-electron chi connectivity index (χ3n) is 5.41. The van der Waals surface area contributed by atoms with E-state index < -0.39 is 0 Å². The van der Waals surface area contributed by atoms with Crippen molar-refractivity contribution in [3.05, 3.63) is 47.7 Å². The summed E-state index contributed by atoms with van der Waals surface area (Å²) in [5, 5.41) is 6.38. The molecule has 7 heteroatoms. The van der Waals surface area contributed by atoms with Crippen molar-refractivity contribution in [2.24, 2.45) is 0 Å². The maximum absolute atomic E-state index is 12.8. The first kappa shape index (κ1) is 22.5. The molecule has 0 radical (unpaired) electrons. The Kier molecular flexibility index (Phi) is 7.07. The average molecular weight is 425 g/mol. The Labute approximate surface area is 184 Å². The van der Waals surface area contributed by atoms with Crippen molar-refractivity contribution in [1.82, 2.24) is 4.90 Å². The number of rotatable bonds is 9. The van der Waals surface area contributed by atoms with Gasteiger partial charge in [0.1, 0.15) is 0 Å². The van der Waals surface area contributed by atoms with Gasteiger partial charge in [0, 0.05) is 48.8 Å². The Morgan fingerprint density at radius 3 is 2.23 bits per heavy atom. The lowest BCUT2D eigenvalue weighted by molar-refractivity contribution is -0.110. The number of ether oxygens (including phenoxy) is 2. The molecular weight excluding hydrogens is 392 g/mol. The highest BCUT2D eigenvalue weighted by Crippen LogP contribution is 2.42. The molecule has 2 aromatic carbocycles. The molecule has 0 fully saturated rings. The van der Waals surface area contributed by atoms with Gasteiger partial charge in [-0.05, 0) is 50.8 Å². The van der Waals surface area contributed by atoms with Crippen molar-refractivity contribution >= 4 is 28.5 Å². The molecule has 0 atom stereocenters. The lowest BCUT2D eigenvalue weighted by Crippen LogP contribution is -2.28. The summed E-state index contributed by atoms with van der Waals surface area (Å²) in [7, 11) is 9.41. The van der Waals surface area contributed by atoms with Gasteiger partial charge >= 0.3 is 0 Å². The largest absolute Gasteiger partial charge is 0.493 e. The Balaban J connectivity index is 1.87. The molecule has 0 bridgehead atoms. The van der Waals surface area contributed by atoms with Crippen LogP contribution in [-0.4, -0.2) is 59.3 Å². The van der Waals surface area contributed by atoms with Crippen molar-refractivity contribution in [2.45, 2.75) is 13.3 Å². The summed E-state index contributed by atoms with van der Waals surface area (Å²) in [5.41, 5.74) is 5.12. The number of hydrogen-bond acceptors (Lipinski definition) is 6. The quantitative estimate of drug-likeness (QED) is 0.596. The predicted molar refractivity (Wildman–Crippen MR) is 127 cm³/mol. The molecule has 2 N–H and O–H groups in total. The Morgan fingerprint density at radius 1 is 1.00 bits per heavy atom. The molecule has 0 spiro atoms. The van der Waals surface area contributed by atoms with Crippen LogP contribution in [0.4, 0.5) is 17.1 Å². The van der Waals surface area contributed by atoms with Crippen molar-refractivity contribution < 1.29 is 14.3 Å². The minimum atomic E-state index is -0.130. The molecule has 0 unspecified atom stereocenters. The standard InChI is InChI=1S/C24H32N4O3/c1-7-19(25-16-8-10-17(11-9-16)28(4)13-12-27(2)3)23-18-14-21(30-5)22(31-6)15-20(18)26-24(23)29/h8-11,14-15,25H,7,12-13H2,1-6H3,(H,26,29). The van der Waals surface area contributed by atoms with Crippen molar-refractivity contribution in [3.63, 3.8) is 0 Å². The van der Waals surface area contributed by atoms with Crippen molar-refractivity contribution in [1.29, 1.82) is 0 Å². The van der Waals surface area contributed by atoms with Gasteiger partial charge in [0.15, 0.2) is 11.5 Å². The fraction of sp³-hybridized carbons (Fsp3) is 0.375. The molecular formula is C24H32N4O3. The number of nitrogens with one attached hydrogen (secondary N) is 2. The molecule has 166 valence electrons. The lowest BCUT2D eigenvalue weighted by atomic mass is 10.0. The van der Waals surface area contributed by atoms with Crippen LogP contribution in [0.25, 0.3) is 5.57 Å². The van der Waals surface area contributed by atoms with E-state index in [1.165, 1.54) is 0 Å². The number of carbonyl (C=O) groups excluding carboxylic acids is 1. The molecule has 7 nitrogen and oxygen atoms in total. The number of amides is 1. The molecule has 3 rings (SSSR count). The molecule has 1 aliphatic rings. The van der Waals surface area contributed by atoms with Crippen LogP contribution >= 0.6 is 0 Å². The first-order valence-corrected chi connectivity index (χ1v) is 10.4. The number of nitrogens with zero attached hydrogens (tertiary/aromatic N) is 2. The van der Waals surface area contributed by atoms with E-state index in [0.717, 1.165) is 41.4 Å². The van der Waals surface area contributed by atoms with Gasteiger partial charge in [-0.2, -0.15) is 0 Å². The summed E-state index contributed by atoms with van der Waals surface area (Å²) in [6.45, 7) is 3.97. The van der Waals surface area contributed by atoms with Crippen LogP contribution in [0.2, 0.25) is 0 Å². The topological polar surface area (TPSA) is 66.1 Å². The normalized spacial score (nSPS) is 14.2. The number of likely N-dealkylation sites (N-methyl/N-ethyl adjacent to an activating group) is 2. The minimum absolute atomic E-state index is 0.130. The monoisotopic (exact) mass is 424 g/mol. The van der Waals surface area contributed by atoms with Gasteiger partial charge in [-0.15, -0.1) is 0 Å². The molecule has 0 saturated carbocycles. The third-order valence-corrected chi connectivity index (χ3v) is 5.41. The summed E-state index contributed by atoms with van der Waals surface area (Å²) >= 11 is 0. The number of allylic oxidation sites excluding steroid dienone is 1.